The predicted molar refractivity (Wildman–Crippen MR) is 77.0 cm³/mol. The number of carboxylic acids is 1. The zero-order valence-corrected chi connectivity index (χ0v) is 12.4. The molecule has 3 atom stereocenters. The molecule has 0 radical (unpaired) electrons. The van der Waals surface area contributed by atoms with Gasteiger partial charge in [0.05, 0.1) is 12.5 Å². The van der Waals surface area contributed by atoms with E-state index in [1.165, 1.54) is 6.92 Å². The van der Waals surface area contributed by atoms with Gasteiger partial charge in [0, 0.05) is 12.1 Å². The average Bonchev–Trinajstić information content (AvgIpc) is 2.79. The van der Waals surface area contributed by atoms with Gasteiger partial charge >= 0.3 is 18.0 Å². The van der Waals surface area contributed by atoms with E-state index in [4.69, 9.17) is 9.57 Å². The summed E-state index contributed by atoms with van der Waals surface area (Å²) < 4.78 is 5.15. The molecule has 3 unspecified atom stereocenters. The summed E-state index contributed by atoms with van der Waals surface area (Å²) in [5, 5.41) is 12.9. The van der Waals surface area contributed by atoms with Crippen LogP contribution in [0.2, 0.25) is 0 Å². The summed E-state index contributed by atoms with van der Waals surface area (Å²) in [7, 11) is 0. The van der Waals surface area contributed by atoms with Gasteiger partial charge in [-0.1, -0.05) is 18.2 Å². The molecule has 2 aliphatic heterocycles. The number of urea groups is 1. The van der Waals surface area contributed by atoms with E-state index in [1.807, 2.05) is 6.07 Å². The Bertz CT molecular complexity index is 649. The molecule has 23 heavy (non-hydrogen) atoms. The number of hydroxylamine groups is 2. The van der Waals surface area contributed by atoms with Gasteiger partial charge in [-0.15, -0.1) is 0 Å². The van der Waals surface area contributed by atoms with Crippen molar-refractivity contribution in [1.82, 2.24) is 5.06 Å². The number of benzene rings is 1. The van der Waals surface area contributed by atoms with Gasteiger partial charge < -0.3 is 15.2 Å². The number of rotatable bonds is 3. The van der Waals surface area contributed by atoms with Crippen molar-refractivity contribution in [2.24, 2.45) is 5.92 Å². The molecule has 122 valence electrons. The van der Waals surface area contributed by atoms with E-state index < -0.39 is 35.7 Å². The molecule has 2 saturated heterocycles. The van der Waals surface area contributed by atoms with E-state index in [2.05, 4.69) is 5.32 Å². The third-order valence-corrected chi connectivity index (χ3v) is 4.05. The van der Waals surface area contributed by atoms with Crippen LogP contribution >= 0.6 is 0 Å². The van der Waals surface area contributed by atoms with Gasteiger partial charge in [0.2, 0.25) is 0 Å². The maximum atomic E-state index is 12.4. The summed E-state index contributed by atoms with van der Waals surface area (Å²) in [5.74, 6) is -4.48. The minimum atomic E-state index is -1.64. The summed E-state index contributed by atoms with van der Waals surface area (Å²) in [6.07, 6.45) is 0.102. The lowest BCUT2D eigenvalue weighted by molar-refractivity contribution is -0.284. The molecule has 8 heteroatoms. The first-order chi connectivity index (χ1) is 10.9. The largest absolute Gasteiger partial charge is 0.481 e. The number of carboxylic acid groups (broad SMARTS) is 1. The maximum Gasteiger partial charge on any atom is 0.346 e. The number of hydrogen-bond donors (Lipinski definition) is 2. The van der Waals surface area contributed by atoms with Crippen molar-refractivity contribution in [1.29, 1.82) is 0 Å². The number of nitrogens with one attached hydrogen (secondary N) is 1. The van der Waals surface area contributed by atoms with Crippen molar-refractivity contribution in [3.63, 3.8) is 0 Å². The van der Waals surface area contributed by atoms with Crippen LogP contribution in [-0.2, 0) is 19.2 Å². The highest BCUT2D eigenvalue weighted by molar-refractivity contribution is 5.89. The lowest BCUT2D eigenvalue weighted by Crippen LogP contribution is -2.47. The fourth-order valence-electron chi connectivity index (χ4n) is 2.77. The summed E-state index contributed by atoms with van der Waals surface area (Å²) in [5.41, 5.74) is 0.565. The van der Waals surface area contributed by atoms with Gasteiger partial charge in [-0.2, -0.15) is 5.06 Å². The van der Waals surface area contributed by atoms with Crippen LogP contribution in [0.5, 0.6) is 0 Å². The highest BCUT2D eigenvalue weighted by atomic mass is 16.8. The minimum Gasteiger partial charge on any atom is -0.481 e. The molecule has 2 amide bonds. The normalized spacial score (nSPS) is 27.3. The number of ether oxygens (including phenoxy) is 1. The summed E-state index contributed by atoms with van der Waals surface area (Å²) in [6.45, 7) is 1.39. The highest BCUT2D eigenvalue weighted by Crippen LogP contribution is 2.43. The van der Waals surface area contributed by atoms with Crippen LogP contribution in [0.3, 0.4) is 0 Å². The number of carbonyl (C=O) groups excluding carboxylic acids is 2. The summed E-state index contributed by atoms with van der Waals surface area (Å²) >= 11 is 0. The number of anilines is 1. The second-order valence-corrected chi connectivity index (χ2v) is 5.62. The quantitative estimate of drug-likeness (QED) is 0.819. The topological polar surface area (TPSA) is 105 Å². The predicted octanol–water partition coefficient (Wildman–Crippen LogP) is 1.59. The summed E-state index contributed by atoms with van der Waals surface area (Å²) in [6, 6.07) is 7.62. The Labute approximate surface area is 131 Å². The molecular weight excluding hydrogens is 304 g/mol. The molecule has 0 aliphatic carbocycles. The molecule has 2 fully saturated rings. The molecule has 3 rings (SSSR count). The van der Waals surface area contributed by atoms with E-state index in [9.17, 15) is 19.5 Å². The van der Waals surface area contributed by atoms with Gasteiger partial charge in [-0.05, 0) is 19.1 Å². The Hall–Kier alpha value is -2.61. The third kappa shape index (κ3) is 2.72. The van der Waals surface area contributed by atoms with Crippen LogP contribution in [0.1, 0.15) is 19.8 Å². The number of carbonyl (C=O) groups is 3. The van der Waals surface area contributed by atoms with Crippen molar-refractivity contribution in [2.45, 2.75) is 31.6 Å². The first kappa shape index (κ1) is 15.3. The monoisotopic (exact) mass is 320 g/mol. The van der Waals surface area contributed by atoms with Gasteiger partial charge in [-0.3, -0.25) is 9.59 Å². The number of esters is 1. The van der Waals surface area contributed by atoms with Gasteiger partial charge in [-0.25, -0.2) is 9.63 Å². The fourth-order valence-corrected chi connectivity index (χ4v) is 2.77. The van der Waals surface area contributed by atoms with E-state index in [0.29, 0.717) is 5.69 Å². The van der Waals surface area contributed by atoms with Gasteiger partial charge in [0.25, 0.3) is 5.79 Å². The molecule has 1 aromatic carbocycles. The van der Waals surface area contributed by atoms with Crippen LogP contribution in [-0.4, -0.2) is 40.0 Å². The number of fused-ring (bicyclic) bond motifs is 2. The van der Waals surface area contributed by atoms with Crippen LogP contribution < -0.4 is 5.32 Å². The van der Waals surface area contributed by atoms with Crippen molar-refractivity contribution < 1.29 is 29.1 Å². The molecule has 1 aromatic rings. The van der Waals surface area contributed by atoms with Crippen molar-refractivity contribution in [2.75, 3.05) is 5.32 Å². The standard InChI is InChI=1S/C15H16N2O6/c1-9(13(19)20)15-8-11(7-12(18)22-15)17(23-15)14(21)16-10-5-3-2-4-6-10/h2-6,9,11H,7-8H2,1H3,(H,16,21)(H,19,20). The number of nitrogens with zero attached hydrogens (tertiary/aromatic N) is 1. The number of para-hydroxylation sites is 1. The first-order valence-corrected chi connectivity index (χ1v) is 7.20. The van der Waals surface area contributed by atoms with E-state index in [0.717, 1.165) is 5.06 Å². The molecule has 2 aliphatic rings. The average molecular weight is 320 g/mol. The second-order valence-electron chi connectivity index (χ2n) is 5.62. The molecule has 0 spiro atoms. The third-order valence-electron chi connectivity index (χ3n) is 4.05. The van der Waals surface area contributed by atoms with Crippen molar-refractivity contribution >= 4 is 23.7 Å². The van der Waals surface area contributed by atoms with Crippen LogP contribution in [0.4, 0.5) is 10.5 Å². The fraction of sp³-hybridized carbons (Fsp3) is 0.400. The van der Waals surface area contributed by atoms with Crippen molar-refractivity contribution in [3.05, 3.63) is 30.3 Å². The summed E-state index contributed by atoms with van der Waals surface area (Å²) in [4.78, 5) is 40.9. The smallest absolute Gasteiger partial charge is 0.346 e. The molecular formula is C15H16N2O6. The van der Waals surface area contributed by atoms with Crippen LogP contribution in [0, 0.1) is 5.92 Å². The maximum absolute atomic E-state index is 12.4. The SMILES string of the molecule is CC(C(=O)O)C12CC(CC(=O)O1)N(C(=O)Nc1ccccc1)O2. The van der Waals surface area contributed by atoms with E-state index >= 15 is 0 Å². The minimum absolute atomic E-state index is 0.0314. The van der Waals surface area contributed by atoms with Crippen LogP contribution in [0.15, 0.2) is 30.3 Å². The highest BCUT2D eigenvalue weighted by Gasteiger charge is 2.60. The Kier molecular flexibility index (Phi) is 3.69. The molecule has 2 N–H and O–H groups in total. The molecule has 0 saturated carbocycles. The number of hydrogen-bond acceptors (Lipinski definition) is 5. The molecule has 2 bridgehead atoms. The van der Waals surface area contributed by atoms with Gasteiger partial charge in [0.1, 0.15) is 5.92 Å². The lowest BCUT2D eigenvalue weighted by Gasteiger charge is -2.31. The zero-order valence-electron chi connectivity index (χ0n) is 12.4. The molecule has 2 heterocycles. The number of amides is 2. The molecule has 8 nitrogen and oxygen atoms in total. The lowest BCUT2D eigenvalue weighted by atomic mass is 9.91. The first-order valence-electron chi connectivity index (χ1n) is 7.20. The molecule has 0 aromatic heterocycles. The Morgan fingerprint density at radius 1 is 1.39 bits per heavy atom. The Morgan fingerprint density at radius 2 is 2.09 bits per heavy atom. The van der Waals surface area contributed by atoms with Crippen LogP contribution in [0.25, 0.3) is 0 Å². The second kappa shape index (κ2) is 5.54. The Balaban J connectivity index is 1.80. The Morgan fingerprint density at radius 3 is 2.74 bits per heavy atom. The zero-order chi connectivity index (χ0) is 16.6. The van der Waals surface area contributed by atoms with E-state index in [1.54, 1.807) is 24.3 Å². The van der Waals surface area contributed by atoms with Crippen molar-refractivity contribution in [3.8, 4) is 0 Å². The number of aliphatic carboxylic acids is 1. The van der Waals surface area contributed by atoms with Gasteiger partial charge in [0.15, 0.2) is 0 Å². The van der Waals surface area contributed by atoms with E-state index in [-0.39, 0.29) is 12.8 Å².